The monoisotopic (exact) mass is 236 g/mol. The molecule has 14 heavy (non-hydrogen) atoms. The van der Waals surface area contributed by atoms with E-state index in [-0.39, 0.29) is 17.3 Å². The molecule has 0 bridgehead atoms. The topological polar surface area (TPSA) is 86.2 Å². The van der Waals surface area contributed by atoms with E-state index in [2.05, 4.69) is 0 Å². The summed E-state index contributed by atoms with van der Waals surface area (Å²) in [4.78, 5) is 0.137. The Morgan fingerprint density at radius 2 is 1.93 bits per heavy atom. The minimum Gasteiger partial charge on any atom is -0.330 e. The number of halogens is 1. The van der Waals surface area contributed by atoms with Crippen LogP contribution in [0.4, 0.5) is 0 Å². The summed E-state index contributed by atoms with van der Waals surface area (Å²) in [6.45, 7) is 0.494. The molecule has 80 valence electrons. The van der Waals surface area contributed by atoms with Gasteiger partial charge in [0.05, 0.1) is 4.90 Å². The Balaban J connectivity index is 0.00000169. The molecule has 0 aliphatic carbocycles. The molecule has 1 aromatic rings. The fraction of sp³-hybridized carbons (Fsp3) is 0.250. The van der Waals surface area contributed by atoms with Crippen molar-refractivity contribution < 1.29 is 8.42 Å². The first-order valence-corrected chi connectivity index (χ1v) is 5.40. The summed E-state index contributed by atoms with van der Waals surface area (Å²) >= 11 is 0. The summed E-state index contributed by atoms with van der Waals surface area (Å²) in [6.07, 6.45) is 0.656. The molecule has 4 nitrogen and oxygen atoms in total. The van der Waals surface area contributed by atoms with Gasteiger partial charge in [-0.1, -0.05) is 12.1 Å². The number of benzene rings is 1. The Morgan fingerprint density at radius 1 is 1.29 bits per heavy atom. The normalized spacial score (nSPS) is 10.7. The van der Waals surface area contributed by atoms with E-state index in [1.54, 1.807) is 12.1 Å². The van der Waals surface area contributed by atoms with Crippen molar-refractivity contribution in [2.24, 2.45) is 10.9 Å². The molecule has 0 aliphatic heterocycles. The van der Waals surface area contributed by atoms with E-state index in [4.69, 9.17) is 10.9 Å². The maximum atomic E-state index is 10.9. The second-order valence-corrected chi connectivity index (χ2v) is 4.29. The third kappa shape index (κ3) is 3.63. The zero-order valence-corrected chi connectivity index (χ0v) is 9.14. The van der Waals surface area contributed by atoms with Gasteiger partial charge in [-0.25, -0.2) is 13.6 Å². The molecule has 1 rings (SSSR count). The van der Waals surface area contributed by atoms with Gasteiger partial charge >= 0.3 is 0 Å². The standard InChI is InChI=1S/C8H12N2O2S.ClH/c9-5-4-7-2-1-3-8(6-7)13(10,11)12;/h1-3,6H,4-5,9H2,(H2,10,11,12);1H. The molecule has 0 aliphatic rings. The number of primary sulfonamides is 1. The summed E-state index contributed by atoms with van der Waals surface area (Å²) in [6, 6.07) is 6.49. The highest BCUT2D eigenvalue weighted by Gasteiger charge is 2.06. The lowest BCUT2D eigenvalue weighted by Crippen LogP contribution is -2.12. The Labute approximate surface area is 89.8 Å². The highest BCUT2D eigenvalue weighted by Crippen LogP contribution is 2.09. The lowest BCUT2D eigenvalue weighted by Gasteiger charge is -2.01. The van der Waals surface area contributed by atoms with E-state index in [9.17, 15) is 8.42 Å². The second-order valence-electron chi connectivity index (χ2n) is 2.73. The quantitative estimate of drug-likeness (QED) is 0.789. The van der Waals surface area contributed by atoms with Gasteiger partial charge in [0.25, 0.3) is 0 Å². The number of nitrogens with two attached hydrogens (primary N) is 2. The smallest absolute Gasteiger partial charge is 0.238 e. The van der Waals surface area contributed by atoms with Gasteiger partial charge in [0.1, 0.15) is 0 Å². The van der Waals surface area contributed by atoms with Crippen LogP contribution in [0.2, 0.25) is 0 Å². The molecule has 0 saturated carbocycles. The van der Waals surface area contributed by atoms with Crippen molar-refractivity contribution >= 4 is 22.4 Å². The van der Waals surface area contributed by atoms with Crippen molar-refractivity contribution in [3.63, 3.8) is 0 Å². The molecule has 0 radical (unpaired) electrons. The SMILES string of the molecule is Cl.NCCc1cccc(S(N)(=O)=O)c1. The Kier molecular flexibility index (Phi) is 5.07. The molecule has 1 aromatic carbocycles. The second kappa shape index (κ2) is 5.31. The molecular formula is C8H13ClN2O2S. The molecule has 0 unspecified atom stereocenters. The van der Waals surface area contributed by atoms with Crippen LogP contribution < -0.4 is 10.9 Å². The van der Waals surface area contributed by atoms with Crippen molar-refractivity contribution in [1.82, 2.24) is 0 Å². The van der Waals surface area contributed by atoms with E-state index in [0.717, 1.165) is 5.56 Å². The van der Waals surface area contributed by atoms with Gasteiger partial charge in [0.15, 0.2) is 0 Å². The third-order valence-electron chi connectivity index (χ3n) is 1.66. The average molecular weight is 237 g/mol. The number of sulfonamides is 1. The van der Waals surface area contributed by atoms with Crippen molar-refractivity contribution in [1.29, 1.82) is 0 Å². The van der Waals surface area contributed by atoms with E-state index < -0.39 is 10.0 Å². The molecule has 0 amide bonds. The summed E-state index contributed by atoms with van der Waals surface area (Å²) in [5.74, 6) is 0. The Bertz CT molecular complexity index is 392. The minimum atomic E-state index is -3.58. The van der Waals surface area contributed by atoms with E-state index >= 15 is 0 Å². The minimum absolute atomic E-state index is 0. The highest BCUT2D eigenvalue weighted by molar-refractivity contribution is 7.89. The van der Waals surface area contributed by atoms with Gasteiger partial charge in [-0.15, -0.1) is 12.4 Å². The molecule has 0 heterocycles. The van der Waals surface area contributed by atoms with Crippen LogP contribution in [-0.2, 0) is 16.4 Å². The molecule has 0 saturated heterocycles. The molecule has 0 fully saturated rings. The Morgan fingerprint density at radius 3 is 2.43 bits per heavy atom. The maximum absolute atomic E-state index is 10.9. The molecule has 6 heteroatoms. The van der Waals surface area contributed by atoms with Gasteiger partial charge in [0.2, 0.25) is 10.0 Å². The summed E-state index contributed by atoms with van der Waals surface area (Å²) < 4.78 is 21.9. The van der Waals surface area contributed by atoms with Crippen LogP contribution in [-0.4, -0.2) is 15.0 Å². The van der Waals surface area contributed by atoms with Crippen LogP contribution >= 0.6 is 12.4 Å². The van der Waals surface area contributed by atoms with Crippen molar-refractivity contribution in [3.8, 4) is 0 Å². The van der Waals surface area contributed by atoms with E-state index in [1.165, 1.54) is 6.07 Å². The van der Waals surface area contributed by atoms with Gasteiger partial charge in [0, 0.05) is 0 Å². The van der Waals surface area contributed by atoms with Crippen LogP contribution in [0.15, 0.2) is 29.2 Å². The highest BCUT2D eigenvalue weighted by atomic mass is 35.5. The van der Waals surface area contributed by atoms with Gasteiger partial charge in [-0.3, -0.25) is 0 Å². The predicted molar refractivity (Wildman–Crippen MR) is 57.8 cm³/mol. The summed E-state index contributed by atoms with van der Waals surface area (Å²) in [5, 5.41) is 4.96. The fourth-order valence-corrected chi connectivity index (χ4v) is 1.63. The fourth-order valence-electron chi connectivity index (χ4n) is 1.04. The number of hydrogen-bond donors (Lipinski definition) is 2. The molecular weight excluding hydrogens is 224 g/mol. The zero-order valence-electron chi connectivity index (χ0n) is 7.51. The van der Waals surface area contributed by atoms with E-state index in [1.807, 2.05) is 6.07 Å². The van der Waals surface area contributed by atoms with Crippen molar-refractivity contribution in [2.75, 3.05) is 6.54 Å². The van der Waals surface area contributed by atoms with Crippen LogP contribution in [0.3, 0.4) is 0 Å². The lowest BCUT2D eigenvalue weighted by molar-refractivity contribution is 0.597. The van der Waals surface area contributed by atoms with Crippen LogP contribution in [0.5, 0.6) is 0 Å². The van der Waals surface area contributed by atoms with Crippen molar-refractivity contribution in [3.05, 3.63) is 29.8 Å². The van der Waals surface area contributed by atoms with Crippen LogP contribution in [0.25, 0.3) is 0 Å². The first-order valence-electron chi connectivity index (χ1n) is 3.86. The average Bonchev–Trinajstić information content (AvgIpc) is 2.04. The zero-order chi connectivity index (χ0) is 9.90. The third-order valence-corrected chi connectivity index (χ3v) is 2.57. The van der Waals surface area contributed by atoms with E-state index in [0.29, 0.717) is 13.0 Å². The summed E-state index contributed by atoms with van der Waals surface area (Å²) in [7, 11) is -3.58. The lowest BCUT2D eigenvalue weighted by atomic mass is 10.2. The van der Waals surface area contributed by atoms with Crippen molar-refractivity contribution in [2.45, 2.75) is 11.3 Å². The first-order chi connectivity index (χ1) is 6.04. The van der Waals surface area contributed by atoms with Gasteiger partial charge in [-0.05, 0) is 30.7 Å². The predicted octanol–water partition coefficient (Wildman–Crippen LogP) is 0.257. The van der Waals surface area contributed by atoms with Crippen LogP contribution in [0.1, 0.15) is 5.56 Å². The van der Waals surface area contributed by atoms with Gasteiger partial charge < -0.3 is 5.73 Å². The first kappa shape index (κ1) is 13.4. The molecule has 4 N–H and O–H groups in total. The maximum Gasteiger partial charge on any atom is 0.238 e. The van der Waals surface area contributed by atoms with Gasteiger partial charge in [-0.2, -0.15) is 0 Å². The Hall–Kier alpha value is -0.620. The molecule has 0 atom stereocenters. The summed E-state index contributed by atoms with van der Waals surface area (Å²) in [5.41, 5.74) is 6.22. The largest absolute Gasteiger partial charge is 0.330 e. The molecule has 0 aromatic heterocycles. The molecule has 0 spiro atoms. The number of hydrogen-bond acceptors (Lipinski definition) is 3. The van der Waals surface area contributed by atoms with Crippen LogP contribution in [0, 0.1) is 0 Å². The number of rotatable bonds is 3.